The molecule has 6 nitrogen and oxygen atoms in total. The minimum absolute atomic E-state index is 0.0116. The number of rotatable bonds is 5. The van der Waals surface area contributed by atoms with Crippen molar-refractivity contribution in [1.29, 1.82) is 0 Å². The van der Waals surface area contributed by atoms with Crippen LogP contribution in [-0.2, 0) is 10.2 Å². The molecule has 2 heterocycles. The molecular weight excluding hydrogens is 388 g/mol. The van der Waals surface area contributed by atoms with Crippen molar-refractivity contribution in [3.8, 4) is 22.8 Å². The number of hydrogen-bond acceptors (Lipinski definition) is 5. The van der Waals surface area contributed by atoms with E-state index in [1.807, 2.05) is 54.6 Å². The second kappa shape index (κ2) is 8.14. The molecule has 154 valence electrons. The van der Waals surface area contributed by atoms with E-state index < -0.39 is 5.41 Å². The Morgan fingerprint density at radius 1 is 0.903 bits per heavy atom. The molecule has 1 N–H and O–H groups in total. The van der Waals surface area contributed by atoms with Crippen molar-refractivity contribution in [2.24, 2.45) is 0 Å². The molecule has 0 atom stereocenters. The van der Waals surface area contributed by atoms with Crippen LogP contribution < -0.4 is 5.32 Å². The van der Waals surface area contributed by atoms with E-state index in [1.165, 1.54) is 0 Å². The van der Waals surface area contributed by atoms with Gasteiger partial charge in [0.1, 0.15) is 0 Å². The number of hydrogen-bond donors (Lipinski definition) is 1. The molecule has 5 rings (SSSR count). The number of nitrogens with one attached hydrogen (secondary N) is 1. The number of carbonyl (C=O) groups is 1. The zero-order valence-corrected chi connectivity index (χ0v) is 17.0. The number of pyridine rings is 1. The first-order valence-electron chi connectivity index (χ1n) is 10.5. The first-order chi connectivity index (χ1) is 15.3. The molecule has 2 aromatic carbocycles. The highest BCUT2D eigenvalue weighted by Gasteiger charge is 2.42. The van der Waals surface area contributed by atoms with E-state index in [1.54, 1.807) is 12.4 Å². The fourth-order valence-corrected chi connectivity index (χ4v) is 4.35. The summed E-state index contributed by atoms with van der Waals surface area (Å²) >= 11 is 0. The van der Waals surface area contributed by atoms with Gasteiger partial charge in [-0.05, 0) is 42.7 Å². The van der Waals surface area contributed by atoms with Gasteiger partial charge < -0.3 is 9.84 Å². The summed E-state index contributed by atoms with van der Waals surface area (Å²) in [6.07, 6.45) is 7.15. The van der Waals surface area contributed by atoms with Crippen molar-refractivity contribution in [2.75, 3.05) is 5.32 Å². The van der Waals surface area contributed by atoms with Gasteiger partial charge >= 0.3 is 0 Å². The Morgan fingerprint density at radius 2 is 1.61 bits per heavy atom. The SMILES string of the molecule is O=C(Nc1ccccc1-c1nc(-c2ccncc2)no1)C1(c2ccccc2)CCCC1. The first-order valence-corrected chi connectivity index (χ1v) is 10.5. The summed E-state index contributed by atoms with van der Waals surface area (Å²) in [6.45, 7) is 0. The van der Waals surface area contributed by atoms with Crippen LogP contribution in [0.4, 0.5) is 5.69 Å². The Labute approximate surface area is 180 Å². The highest BCUT2D eigenvalue weighted by molar-refractivity contribution is 6.01. The van der Waals surface area contributed by atoms with Crippen LogP contribution in [0.15, 0.2) is 83.6 Å². The monoisotopic (exact) mass is 410 g/mol. The highest BCUT2D eigenvalue weighted by atomic mass is 16.5. The van der Waals surface area contributed by atoms with E-state index in [0.29, 0.717) is 23.0 Å². The molecule has 1 aliphatic rings. The average Bonchev–Trinajstić information content (AvgIpc) is 3.52. The van der Waals surface area contributed by atoms with Crippen LogP contribution in [0.5, 0.6) is 0 Å². The zero-order chi connectivity index (χ0) is 21.1. The molecule has 2 aromatic heterocycles. The van der Waals surface area contributed by atoms with Crippen molar-refractivity contribution >= 4 is 11.6 Å². The smallest absolute Gasteiger partial charge is 0.260 e. The molecular formula is C25H22N4O2. The number of para-hydroxylation sites is 1. The molecule has 0 radical (unpaired) electrons. The lowest BCUT2D eigenvalue weighted by Crippen LogP contribution is -2.38. The largest absolute Gasteiger partial charge is 0.334 e. The second-order valence-electron chi connectivity index (χ2n) is 7.81. The number of amides is 1. The number of carbonyl (C=O) groups excluding carboxylic acids is 1. The van der Waals surface area contributed by atoms with Gasteiger partial charge in [0, 0.05) is 18.0 Å². The summed E-state index contributed by atoms with van der Waals surface area (Å²) in [6, 6.07) is 21.3. The standard InChI is InChI=1S/C25H22N4O2/c30-24(25(14-6-7-15-25)19-8-2-1-3-9-19)27-21-11-5-4-10-20(21)23-28-22(29-31-23)18-12-16-26-17-13-18/h1-5,8-13,16-17H,6-7,14-15H2,(H,27,30). The minimum atomic E-state index is -0.509. The van der Waals surface area contributed by atoms with Crippen LogP contribution in [0.1, 0.15) is 31.2 Å². The maximum absolute atomic E-state index is 13.6. The summed E-state index contributed by atoms with van der Waals surface area (Å²) in [4.78, 5) is 22.1. The van der Waals surface area contributed by atoms with Crippen molar-refractivity contribution in [3.05, 3.63) is 84.7 Å². The predicted molar refractivity (Wildman–Crippen MR) is 118 cm³/mol. The Hall–Kier alpha value is -3.80. The third kappa shape index (κ3) is 3.61. The lowest BCUT2D eigenvalue weighted by atomic mass is 9.78. The summed E-state index contributed by atoms with van der Waals surface area (Å²) in [7, 11) is 0. The van der Waals surface area contributed by atoms with Gasteiger partial charge in [-0.2, -0.15) is 4.98 Å². The molecule has 0 saturated heterocycles. The van der Waals surface area contributed by atoms with Gasteiger partial charge in [-0.15, -0.1) is 0 Å². The third-order valence-electron chi connectivity index (χ3n) is 5.99. The Balaban J connectivity index is 1.46. The quantitative estimate of drug-likeness (QED) is 0.486. The van der Waals surface area contributed by atoms with Gasteiger partial charge in [-0.1, -0.05) is 60.5 Å². The van der Waals surface area contributed by atoms with Gasteiger partial charge in [0.2, 0.25) is 11.7 Å². The van der Waals surface area contributed by atoms with Gasteiger partial charge in [-0.25, -0.2) is 0 Å². The molecule has 0 spiro atoms. The predicted octanol–water partition coefficient (Wildman–Crippen LogP) is 5.25. The van der Waals surface area contributed by atoms with Crippen LogP contribution >= 0.6 is 0 Å². The Morgan fingerprint density at radius 3 is 2.39 bits per heavy atom. The summed E-state index contributed by atoms with van der Waals surface area (Å²) in [5, 5.41) is 7.26. The lowest BCUT2D eigenvalue weighted by molar-refractivity contribution is -0.121. The van der Waals surface area contributed by atoms with Gasteiger partial charge in [-0.3, -0.25) is 9.78 Å². The van der Waals surface area contributed by atoms with Crippen molar-refractivity contribution < 1.29 is 9.32 Å². The van der Waals surface area contributed by atoms with Crippen molar-refractivity contribution in [3.63, 3.8) is 0 Å². The summed E-state index contributed by atoms with van der Waals surface area (Å²) in [5.41, 5.74) is 2.75. The molecule has 6 heteroatoms. The van der Waals surface area contributed by atoms with Crippen molar-refractivity contribution in [2.45, 2.75) is 31.1 Å². The molecule has 1 amide bonds. The van der Waals surface area contributed by atoms with Gasteiger partial charge in [0.15, 0.2) is 0 Å². The maximum atomic E-state index is 13.6. The average molecular weight is 410 g/mol. The van der Waals surface area contributed by atoms with Crippen LogP contribution in [0.3, 0.4) is 0 Å². The topological polar surface area (TPSA) is 80.9 Å². The van der Waals surface area contributed by atoms with E-state index in [4.69, 9.17) is 4.52 Å². The van der Waals surface area contributed by atoms with E-state index >= 15 is 0 Å². The van der Waals surface area contributed by atoms with Gasteiger partial charge in [0.25, 0.3) is 5.89 Å². The van der Waals surface area contributed by atoms with Crippen molar-refractivity contribution in [1.82, 2.24) is 15.1 Å². The second-order valence-corrected chi connectivity index (χ2v) is 7.81. The fourth-order valence-electron chi connectivity index (χ4n) is 4.35. The Kier molecular flexibility index (Phi) is 5.04. The fraction of sp³-hybridized carbons (Fsp3) is 0.200. The van der Waals surface area contributed by atoms with E-state index in [-0.39, 0.29) is 5.91 Å². The first kappa shape index (κ1) is 19.2. The molecule has 0 bridgehead atoms. The number of benzene rings is 2. The van der Waals surface area contributed by atoms with E-state index in [0.717, 1.165) is 36.8 Å². The van der Waals surface area contributed by atoms with Gasteiger partial charge in [0.05, 0.1) is 16.7 Å². The van der Waals surface area contributed by atoms with E-state index in [9.17, 15) is 4.79 Å². The summed E-state index contributed by atoms with van der Waals surface area (Å²) < 4.78 is 5.53. The molecule has 1 fully saturated rings. The highest BCUT2D eigenvalue weighted by Crippen LogP contribution is 2.42. The van der Waals surface area contributed by atoms with Crippen LogP contribution in [0.25, 0.3) is 22.8 Å². The number of anilines is 1. The normalized spacial score (nSPS) is 15.0. The molecule has 31 heavy (non-hydrogen) atoms. The molecule has 4 aromatic rings. The summed E-state index contributed by atoms with van der Waals surface area (Å²) in [5.74, 6) is 0.857. The van der Waals surface area contributed by atoms with Crippen LogP contribution in [-0.4, -0.2) is 21.0 Å². The van der Waals surface area contributed by atoms with Crippen LogP contribution in [0, 0.1) is 0 Å². The molecule has 0 unspecified atom stereocenters. The minimum Gasteiger partial charge on any atom is -0.334 e. The zero-order valence-electron chi connectivity index (χ0n) is 17.0. The molecule has 1 aliphatic carbocycles. The third-order valence-corrected chi connectivity index (χ3v) is 5.99. The van der Waals surface area contributed by atoms with Crippen LogP contribution in [0.2, 0.25) is 0 Å². The number of aromatic nitrogens is 3. The number of nitrogens with zero attached hydrogens (tertiary/aromatic N) is 3. The lowest BCUT2D eigenvalue weighted by Gasteiger charge is -2.28. The molecule has 0 aliphatic heterocycles. The van der Waals surface area contributed by atoms with E-state index in [2.05, 4.69) is 32.6 Å². The Bertz CT molecular complexity index is 1180. The molecule has 1 saturated carbocycles. The maximum Gasteiger partial charge on any atom is 0.260 e.